The molecule has 0 aromatic heterocycles. The molecular formula is C14H29IN4O. The third-order valence-electron chi connectivity index (χ3n) is 3.82. The first kappa shape index (κ1) is 19.5. The van der Waals surface area contributed by atoms with Gasteiger partial charge < -0.3 is 15.5 Å². The van der Waals surface area contributed by atoms with E-state index in [-0.39, 0.29) is 29.9 Å². The van der Waals surface area contributed by atoms with Gasteiger partial charge in [0.05, 0.1) is 6.54 Å². The fourth-order valence-electron chi connectivity index (χ4n) is 2.34. The zero-order valence-corrected chi connectivity index (χ0v) is 15.3. The van der Waals surface area contributed by atoms with Crippen LogP contribution in [0.1, 0.15) is 40.0 Å². The minimum atomic E-state index is 0. The fourth-order valence-corrected chi connectivity index (χ4v) is 2.34. The predicted molar refractivity (Wildman–Crippen MR) is 94.4 cm³/mol. The van der Waals surface area contributed by atoms with Crippen molar-refractivity contribution in [2.75, 3.05) is 32.7 Å². The first-order valence-electron chi connectivity index (χ1n) is 7.41. The van der Waals surface area contributed by atoms with E-state index in [2.05, 4.69) is 16.8 Å². The molecule has 0 unspecified atom stereocenters. The van der Waals surface area contributed by atoms with E-state index < -0.39 is 0 Å². The number of aliphatic imine (C=N–C) groups is 1. The Labute approximate surface area is 140 Å². The van der Waals surface area contributed by atoms with Gasteiger partial charge in [-0.3, -0.25) is 9.79 Å². The molecule has 1 rings (SSSR count). The first-order chi connectivity index (χ1) is 9.08. The largest absolute Gasteiger partial charge is 0.370 e. The van der Waals surface area contributed by atoms with Crippen molar-refractivity contribution < 1.29 is 4.79 Å². The zero-order chi connectivity index (χ0) is 14.3. The van der Waals surface area contributed by atoms with Crippen LogP contribution in [0.15, 0.2) is 4.99 Å². The number of carbonyl (C=O) groups excluding carboxylic acids is 1. The van der Waals surface area contributed by atoms with Gasteiger partial charge >= 0.3 is 0 Å². The molecule has 0 bridgehead atoms. The van der Waals surface area contributed by atoms with Crippen molar-refractivity contribution >= 4 is 35.8 Å². The first-order valence-corrected chi connectivity index (χ1v) is 7.41. The van der Waals surface area contributed by atoms with E-state index in [0.717, 1.165) is 32.1 Å². The van der Waals surface area contributed by atoms with E-state index in [0.29, 0.717) is 18.9 Å². The van der Waals surface area contributed by atoms with Gasteiger partial charge in [0.25, 0.3) is 0 Å². The van der Waals surface area contributed by atoms with Crippen molar-refractivity contribution in [2.45, 2.75) is 40.0 Å². The minimum Gasteiger partial charge on any atom is -0.370 e. The Balaban J connectivity index is 0.00000361. The van der Waals surface area contributed by atoms with Crippen LogP contribution >= 0.6 is 24.0 Å². The lowest BCUT2D eigenvalue weighted by Gasteiger charge is -2.31. The number of likely N-dealkylation sites (tertiary alicyclic amines) is 1. The Morgan fingerprint density at radius 1 is 1.30 bits per heavy atom. The maximum atomic E-state index is 11.8. The zero-order valence-electron chi connectivity index (χ0n) is 13.0. The van der Waals surface area contributed by atoms with E-state index in [1.165, 1.54) is 12.8 Å². The van der Waals surface area contributed by atoms with Crippen molar-refractivity contribution in [3.63, 3.8) is 0 Å². The molecule has 0 aromatic carbocycles. The number of hydrogen-bond donors (Lipinski definition) is 1. The highest BCUT2D eigenvalue weighted by atomic mass is 127. The highest BCUT2D eigenvalue weighted by molar-refractivity contribution is 14.0. The SMILES string of the molecule is CCN(CC)C(=O)CCN=C(N)N1CCC(C)CC1.I. The lowest BCUT2D eigenvalue weighted by atomic mass is 10.00. The number of rotatable bonds is 5. The molecule has 20 heavy (non-hydrogen) atoms. The molecule has 1 aliphatic rings. The number of guanidine groups is 1. The van der Waals surface area contributed by atoms with Crippen molar-refractivity contribution in [3.8, 4) is 0 Å². The number of piperidine rings is 1. The standard InChI is InChI=1S/C14H28N4O.HI/c1-4-17(5-2)13(19)6-9-16-14(15)18-10-7-12(3)8-11-18;/h12H,4-11H2,1-3H3,(H2,15,16);1H. The summed E-state index contributed by atoms with van der Waals surface area (Å²) in [5.41, 5.74) is 5.97. The summed E-state index contributed by atoms with van der Waals surface area (Å²) < 4.78 is 0. The maximum Gasteiger partial charge on any atom is 0.224 e. The fraction of sp³-hybridized carbons (Fsp3) is 0.857. The van der Waals surface area contributed by atoms with Gasteiger partial charge in [-0.25, -0.2) is 0 Å². The van der Waals surface area contributed by atoms with E-state index in [4.69, 9.17) is 5.73 Å². The Hall–Kier alpha value is -0.530. The number of nitrogens with two attached hydrogens (primary N) is 1. The normalized spacial score (nSPS) is 16.8. The van der Waals surface area contributed by atoms with Gasteiger partial charge in [0, 0.05) is 32.6 Å². The summed E-state index contributed by atoms with van der Waals surface area (Å²) in [5.74, 6) is 1.54. The molecule has 0 radical (unpaired) electrons. The Morgan fingerprint density at radius 3 is 2.35 bits per heavy atom. The summed E-state index contributed by atoms with van der Waals surface area (Å²) in [4.78, 5) is 20.1. The number of amides is 1. The molecule has 1 aliphatic heterocycles. The average Bonchev–Trinajstić information content (AvgIpc) is 2.40. The van der Waals surface area contributed by atoms with Crippen LogP contribution in [0, 0.1) is 5.92 Å². The van der Waals surface area contributed by atoms with Gasteiger partial charge in [0.2, 0.25) is 5.91 Å². The summed E-state index contributed by atoms with van der Waals surface area (Å²) in [6.07, 6.45) is 2.80. The Morgan fingerprint density at radius 2 is 1.85 bits per heavy atom. The third-order valence-corrected chi connectivity index (χ3v) is 3.82. The second-order valence-electron chi connectivity index (χ2n) is 5.23. The lowest BCUT2D eigenvalue weighted by molar-refractivity contribution is -0.130. The van der Waals surface area contributed by atoms with E-state index in [1.54, 1.807) is 0 Å². The molecule has 0 aliphatic carbocycles. The summed E-state index contributed by atoms with van der Waals surface area (Å²) in [5, 5.41) is 0. The summed E-state index contributed by atoms with van der Waals surface area (Å²) in [7, 11) is 0. The molecule has 0 atom stereocenters. The molecule has 1 amide bonds. The molecule has 1 heterocycles. The van der Waals surface area contributed by atoms with Crippen LogP contribution in [0.25, 0.3) is 0 Å². The van der Waals surface area contributed by atoms with Gasteiger partial charge in [-0.1, -0.05) is 6.92 Å². The topological polar surface area (TPSA) is 61.9 Å². The number of nitrogens with zero attached hydrogens (tertiary/aromatic N) is 3. The number of carbonyl (C=O) groups is 1. The molecular weight excluding hydrogens is 367 g/mol. The van der Waals surface area contributed by atoms with Gasteiger partial charge in [0.1, 0.15) is 0 Å². The van der Waals surface area contributed by atoms with Gasteiger partial charge in [-0.15, -0.1) is 24.0 Å². The summed E-state index contributed by atoms with van der Waals surface area (Å²) in [6.45, 7) is 10.3. The number of halogens is 1. The van der Waals surface area contributed by atoms with Crippen molar-refractivity contribution in [1.29, 1.82) is 0 Å². The second kappa shape index (κ2) is 10.2. The highest BCUT2D eigenvalue weighted by Gasteiger charge is 2.17. The molecule has 2 N–H and O–H groups in total. The minimum absolute atomic E-state index is 0. The van der Waals surface area contributed by atoms with Crippen LogP contribution in [0.5, 0.6) is 0 Å². The lowest BCUT2D eigenvalue weighted by Crippen LogP contribution is -2.42. The van der Waals surface area contributed by atoms with Crippen LogP contribution in [-0.4, -0.2) is 54.4 Å². The molecule has 0 aromatic rings. The smallest absolute Gasteiger partial charge is 0.224 e. The van der Waals surface area contributed by atoms with Crippen LogP contribution in [0.3, 0.4) is 0 Å². The van der Waals surface area contributed by atoms with E-state index >= 15 is 0 Å². The Bertz CT molecular complexity index is 310. The van der Waals surface area contributed by atoms with Crippen LogP contribution < -0.4 is 5.73 Å². The molecule has 0 saturated carbocycles. The monoisotopic (exact) mass is 396 g/mol. The van der Waals surface area contributed by atoms with Gasteiger partial charge in [-0.05, 0) is 32.6 Å². The molecule has 1 fully saturated rings. The van der Waals surface area contributed by atoms with Gasteiger partial charge in [0.15, 0.2) is 5.96 Å². The maximum absolute atomic E-state index is 11.8. The second-order valence-corrected chi connectivity index (χ2v) is 5.23. The predicted octanol–water partition coefficient (Wildman–Crippen LogP) is 1.91. The summed E-state index contributed by atoms with van der Waals surface area (Å²) in [6, 6.07) is 0. The van der Waals surface area contributed by atoms with Crippen molar-refractivity contribution in [1.82, 2.24) is 9.80 Å². The van der Waals surface area contributed by atoms with E-state index in [1.807, 2.05) is 18.7 Å². The van der Waals surface area contributed by atoms with Crippen LogP contribution in [0.2, 0.25) is 0 Å². The molecule has 1 saturated heterocycles. The summed E-state index contributed by atoms with van der Waals surface area (Å²) >= 11 is 0. The van der Waals surface area contributed by atoms with Crippen molar-refractivity contribution in [2.24, 2.45) is 16.6 Å². The van der Waals surface area contributed by atoms with Crippen LogP contribution in [-0.2, 0) is 4.79 Å². The quantitative estimate of drug-likeness (QED) is 0.439. The van der Waals surface area contributed by atoms with Crippen LogP contribution in [0.4, 0.5) is 0 Å². The molecule has 118 valence electrons. The Kier molecular flexibility index (Phi) is 9.96. The highest BCUT2D eigenvalue weighted by Crippen LogP contribution is 2.15. The van der Waals surface area contributed by atoms with E-state index in [9.17, 15) is 4.79 Å². The van der Waals surface area contributed by atoms with Crippen molar-refractivity contribution in [3.05, 3.63) is 0 Å². The van der Waals surface area contributed by atoms with Gasteiger partial charge in [-0.2, -0.15) is 0 Å². The molecule has 5 nitrogen and oxygen atoms in total. The number of hydrogen-bond acceptors (Lipinski definition) is 2. The molecule has 6 heteroatoms. The third kappa shape index (κ3) is 6.28. The average molecular weight is 396 g/mol. The molecule has 0 spiro atoms.